The fourth-order valence-electron chi connectivity index (χ4n) is 1.24. The van der Waals surface area contributed by atoms with E-state index >= 15 is 0 Å². The summed E-state index contributed by atoms with van der Waals surface area (Å²) >= 11 is 3.38. The average molecular weight is 270 g/mol. The largest absolute Gasteiger partial charge is 0.353 e. The van der Waals surface area contributed by atoms with Crippen molar-refractivity contribution in [1.29, 1.82) is 0 Å². The van der Waals surface area contributed by atoms with Crippen molar-refractivity contribution >= 4 is 27.5 Å². The molecule has 0 spiro atoms. The SMILES string of the molecule is NCCCNc1nc2ccc(Br)cn2n1. The number of fused-ring (bicyclic) bond motifs is 1. The first kappa shape index (κ1) is 10.4. The van der Waals surface area contributed by atoms with Crippen LogP contribution in [0, 0.1) is 0 Å². The summed E-state index contributed by atoms with van der Waals surface area (Å²) in [7, 11) is 0. The van der Waals surface area contributed by atoms with E-state index in [0.29, 0.717) is 12.5 Å². The summed E-state index contributed by atoms with van der Waals surface area (Å²) in [5, 5.41) is 7.39. The maximum Gasteiger partial charge on any atom is 0.243 e. The van der Waals surface area contributed by atoms with Gasteiger partial charge < -0.3 is 11.1 Å². The topological polar surface area (TPSA) is 68.2 Å². The second-order valence-electron chi connectivity index (χ2n) is 3.15. The van der Waals surface area contributed by atoms with Crippen molar-refractivity contribution < 1.29 is 0 Å². The highest BCUT2D eigenvalue weighted by Gasteiger charge is 2.01. The van der Waals surface area contributed by atoms with Crippen molar-refractivity contribution in [2.75, 3.05) is 18.4 Å². The molecule has 6 heteroatoms. The molecule has 80 valence electrons. The minimum Gasteiger partial charge on any atom is -0.353 e. The van der Waals surface area contributed by atoms with E-state index in [2.05, 4.69) is 31.3 Å². The van der Waals surface area contributed by atoms with Crippen LogP contribution >= 0.6 is 15.9 Å². The molecule has 0 amide bonds. The van der Waals surface area contributed by atoms with Gasteiger partial charge in [0.15, 0.2) is 5.65 Å². The van der Waals surface area contributed by atoms with Gasteiger partial charge in [0.05, 0.1) is 0 Å². The monoisotopic (exact) mass is 269 g/mol. The second kappa shape index (κ2) is 4.59. The number of aromatic nitrogens is 3. The molecule has 15 heavy (non-hydrogen) atoms. The highest BCUT2D eigenvalue weighted by atomic mass is 79.9. The van der Waals surface area contributed by atoms with E-state index < -0.39 is 0 Å². The highest BCUT2D eigenvalue weighted by molar-refractivity contribution is 9.10. The number of halogens is 1. The normalized spacial score (nSPS) is 10.8. The predicted molar refractivity (Wildman–Crippen MR) is 62.8 cm³/mol. The number of anilines is 1. The molecule has 0 radical (unpaired) electrons. The van der Waals surface area contributed by atoms with Crippen LogP contribution in [0.2, 0.25) is 0 Å². The van der Waals surface area contributed by atoms with Crippen LogP contribution in [0.15, 0.2) is 22.8 Å². The Hall–Kier alpha value is -1.14. The lowest BCUT2D eigenvalue weighted by atomic mass is 10.4. The zero-order valence-electron chi connectivity index (χ0n) is 8.15. The van der Waals surface area contributed by atoms with Crippen LogP contribution in [0.4, 0.5) is 5.95 Å². The second-order valence-corrected chi connectivity index (χ2v) is 4.07. The zero-order valence-corrected chi connectivity index (χ0v) is 9.74. The van der Waals surface area contributed by atoms with Crippen molar-refractivity contribution in [1.82, 2.24) is 14.6 Å². The lowest BCUT2D eigenvalue weighted by Crippen LogP contribution is -2.09. The van der Waals surface area contributed by atoms with Crippen LogP contribution in [0.5, 0.6) is 0 Å². The number of rotatable bonds is 4. The molecule has 0 unspecified atom stereocenters. The van der Waals surface area contributed by atoms with Crippen LogP contribution < -0.4 is 11.1 Å². The van der Waals surface area contributed by atoms with Crippen LogP contribution in [-0.2, 0) is 0 Å². The van der Waals surface area contributed by atoms with Gasteiger partial charge in [-0.05, 0) is 41.0 Å². The van der Waals surface area contributed by atoms with Gasteiger partial charge in [0.1, 0.15) is 0 Å². The first-order chi connectivity index (χ1) is 7.29. The smallest absolute Gasteiger partial charge is 0.243 e. The summed E-state index contributed by atoms with van der Waals surface area (Å²) in [5.41, 5.74) is 6.22. The lowest BCUT2D eigenvalue weighted by Gasteiger charge is -1.97. The van der Waals surface area contributed by atoms with Gasteiger partial charge in [-0.25, -0.2) is 4.52 Å². The van der Waals surface area contributed by atoms with E-state index in [4.69, 9.17) is 5.73 Å². The van der Waals surface area contributed by atoms with Gasteiger partial charge in [-0.3, -0.25) is 0 Å². The molecular formula is C9H12BrN5. The van der Waals surface area contributed by atoms with Gasteiger partial charge in [0, 0.05) is 17.2 Å². The molecule has 0 aliphatic rings. The number of hydrogen-bond donors (Lipinski definition) is 2. The fourth-order valence-corrected chi connectivity index (χ4v) is 1.56. The molecule has 0 aliphatic carbocycles. The van der Waals surface area contributed by atoms with Crippen LogP contribution in [0.3, 0.4) is 0 Å². The van der Waals surface area contributed by atoms with Crippen molar-refractivity contribution in [3.63, 3.8) is 0 Å². The molecule has 0 saturated carbocycles. The van der Waals surface area contributed by atoms with E-state index in [9.17, 15) is 0 Å². The van der Waals surface area contributed by atoms with Crippen molar-refractivity contribution in [3.8, 4) is 0 Å². The predicted octanol–water partition coefficient (Wildman–Crippen LogP) is 1.25. The number of nitrogens with two attached hydrogens (primary N) is 1. The van der Waals surface area contributed by atoms with Gasteiger partial charge in [-0.15, -0.1) is 5.10 Å². The Morgan fingerprint density at radius 1 is 1.47 bits per heavy atom. The van der Waals surface area contributed by atoms with Crippen LogP contribution in [-0.4, -0.2) is 27.7 Å². The van der Waals surface area contributed by atoms with E-state index in [1.807, 2.05) is 18.3 Å². The van der Waals surface area contributed by atoms with E-state index in [1.54, 1.807) is 4.52 Å². The standard InChI is InChI=1S/C9H12BrN5/c10-7-2-3-8-13-9(12-5-1-4-11)14-15(8)6-7/h2-3,6H,1,4-5,11H2,(H,12,14). The third-order valence-corrected chi connectivity index (χ3v) is 2.43. The molecule has 2 aromatic rings. The number of nitrogens with zero attached hydrogens (tertiary/aromatic N) is 3. The highest BCUT2D eigenvalue weighted by Crippen LogP contribution is 2.11. The van der Waals surface area contributed by atoms with Crippen molar-refractivity contribution in [2.24, 2.45) is 5.73 Å². The quantitative estimate of drug-likeness (QED) is 0.820. The molecule has 3 N–H and O–H groups in total. The Labute approximate surface area is 95.8 Å². The minimum atomic E-state index is 0.640. The maximum absolute atomic E-state index is 5.40. The summed E-state index contributed by atoms with van der Waals surface area (Å²) in [4.78, 5) is 4.30. The molecule has 0 aromatic carbocycles. The van der Waals surface area contributed by atoms with Gasteiger partial charge in [-0.1, -0.05) is 0 Å². The van der Waals surface area contributed by atoms with Crippen molar-refractivity contribution in [2.45, 2.75) is 6.42 Å². The first-order valence-electron chi connectivity index (χ1n) is 4.75. The first-order valence-corrected chi connectivity index (χ1v) is 5.55. The Bertz CT molecular complexity index is 453. The molecule has 0 aliphatic heterocycles. The summed E-state index contributed by atoms with van der Waals surface area (Å²) in [6.07, 6.45) is 2.79. The molecule has 2 aromatic heterocycles. The average Bonchev–Trinajstić information content (AvgIpc) is 2.60. The van der Waals surface area contributed by atoms with E-state index in [-0.39, 0.29) is 0 Å². The van der Waals surface area contributed by atoms with Gasteiger partial charge in [0.2, 0.25) is 5.95 Å². The third-order valence-electron chi connectivity index (χ3n) is 1.96. The number of pyridine rings is 1. The summed E-state index contributed by atoms with van der Waals surface area (Å²) in [6.45, 7) is 1.47. The van der Waals surface area contributed by atoms with Crippen LogP contribution in [0.25, 0.3) is 5.65 Å². The number of nitrogens with one attached hydrogen (secondary N) is 1. The van der Waals surface area contributed by atoms with Crippen molar-refractivity contribution in [3.05, 3.63) is 22.8 Å². The molecule has 5 nitrogen and oxygen atoms in total. The zero-order chi connectivity index (χ0) is 10.7. The van der Waals surface area contributed by atoms with E-state index in [0.717, 1.165) is 23.1 Å². The molecule has 2 heterocycles. The Kier molecular flexibility index (Phi) is 3.17. The summed E-state index contributed by atoms with van der Waals surface area (Å²) in [5.74, 6) is 0.640. The molecule has 0 fully saturated rings. The third kappa shape index (κ3) is 2.45. The van der Waals surface area contributed by atoms with Gasteiger partial charge >= 0.3 is 0 Å². The lowest BCUT2D eigenvalue weighted by molar-refractivity contribution is 0.859. The summed E-state index contributed by atoms with van der Waals surface area (Å²) < 4.78 is 2.71. The number of hydrogen-bond acceptors (Lipinski definition) is 4. The van der Waals surface area contributed by atoms with Gasteiger partial charge in [0.25, 0.3) is 0 Å². The maximum atomic E-state index is 5.40. The Morgan fingerprint density at radius 2 is 2.33 bits per heavy atom. The molecular weight excluding hydrogens is 258 g/mol. The Morgan fingerprint density at radius 3 is 3.13 bits per heavy atom. The molecule has 2 rings (SSSR count). The van der Waals surface area contributed by atoms with E-state index in [1.165, 1.54) is 0 Å². The van der Waals surface area contributed by atoms with Crippen LogP contribution in [0.1, 0.15) is 6.42 Å². The molecule has 0 saturated heterocycles. The fraction of sp³-hybridized carbons (Fsp3) is 0.333. The molecule has 0 atom stereocenters. The Balaban J connectivity index is 2.16. The minimum absolute atomic E-state index is 0.640. The summed E-state index contributed by atoms with van der Waals surface area (Å²) in [6, 6.07) is 3.85. The molecule has 0 bridgehead atoms. The van der Waals surface area contributed by atoms with Gasteiger partial charge in [-0.2, -0.15) is 4.98 Å².